The first-order valence-electron chi connectivity index (χ1n) is 7.02. The standard InChI is InChI=1S/C15H21FN2OS/c1-17-15(19)12-6-8-18(9-7-12)10-11-20-14-5-3-2-4-13(14)16/h2-5,12H,6-11H2,1H3,(H,17,19). The summed E-state index contributed by atoms with van der Waals surface area (Å²) < 4.78 is 13.5. The first-order valence-corrected chi connectivity index (χ1v) is 8.00. The molecule has 1 aromatic rings. The van der Waals surface area contributed by atoms with Crippen molar-refractivity contribution in [3.63, 3.8) is 0 Å². The third-order valence-corrected chi connectivity index (χ3v) is 4.74. The van der Waals surface area contributed by atoms with Gasteiger partial charge in [-0.1, -0.05) is 12.1 Å². The molecule has 0 radical (unpaired) electrons. The summed E-state index contributed by atoms with van der Waals surface area (Å²) in [7, 11) is 1.69. The number of nitrogens with zero attached hydrogens (tertiary/aromatic N) is 1. The number of piperidine rings is 1. The van der Waals surface area contributed by atoms with Gasteiger partial charge in [0.2, 0.25) is 5.91 Å². The molecule has 1 heterocycles. The predicted octanol–water partition coefficient (Wildman–Crippen LogP) is 2.38. The number of hydrogen-bond acceptors (Lipinski definition) is 3. The maximum absolute atomic E-state index is 13.5. The van der Waals surface area contributed by atoms with Gasteiger partial charge in [-0.05, 0) is 38.1 Å². The van der Waals surface area contributed by atoms with Gasteiger partial charge in [0.05, 0.1) is 0 Å². The Bertz CT molecular complexity index is 447. The molecule has 0 aliphatic carbocycles. The second-order valence-corrected chi connectivity index (χ2v) is 6.15. The average Bonchev–Trinajstić information content (AvgIpc) is 2.49. The normalized spacial score (nSPS) is 17.1. The van der Waals surface area contributed by atoms with Crippen LogP contribution in [0.25, 0.3) is 0 Å². The number of likely N-dealkylation sites (tertiary alicyclic amines) is 1. The molecule has 20 heavy (non-hydrogen) atoms. The second kappa shape index (κ2) is 7.64. The van der Waals surface area contributed by atoms with Crippen LogP contribution in [0.5, 0.6) is 0 Å². The van der Waals surface area contributed by atoms with Crippen LogP contribution in [0.1, 0.15) is 12.8 Å². The molecule has 1 fully saturated rings. The fourth-order valence-electron chi connectivity index (χ4n) is 2.47. The lowest BCUT2D eigenvalue weighted by molar-refractivity contribution is -0.125. The van der Waals surface area contributed by atoms with Crippen molar-refractivity contribution in [2.45, 2.75) is 17.7 Å². The van der Waals surface area contributed by atoms with Crippen LogP contribution >= 0.6 is 11.8 Å². The number of halogens is 1. The van der Waals surface area contributed by atoms with E-state index in [1.165, 1.54) is 6.07 Å². The SMILES string of the molecule is CNC(=O)C1CCN(CCSc2ccccc2F)CC1. The van der Waals surface area contributed by atoms with Crippen molar-refractivity contribution < 1.29 is 9.18 Å². The number of carbonyl (C=O) groups is 1. The molecule has 0 unspecified atom stereocenters. The Morgan fingerprint density at radius 1 is 1.40 bits per heavy atom. The largest absolute Gasteiger partial charge is 0.359 e. The van der Waals surface area contributed by atoms with Crippen LogP contribution in [0.2, 0.25) is 0 Å². The van der Waals surface area contributed by atoms with Gasteiger partial charge in [0.25, 0.3) is 0 Å². The van der Waals surface area contributed by atoms with E-state index in [0.29, 0.717) is 4.90 Å². The summed E-state index contributed by atoms with van der Waals surface area (Å²) in [5.41, 5.74) is 0. The van der Waals surface area contributed by atoms with E-state index < -0.39 is 0 Å². The highest BCUT2D eigenvalue weighted by molar-refractivity contribution is 7.99. The molecule has 2 rings (SSSR count). The van der Waals surface area contributed by atoms with Crippen LogP contribution in [0, 0.1) is 11.7 Å². The fourth-order valence-corrected chi connectivity index (χ4v) is 3.42. The number of hydrogen-bond donors (Lipinski definition) is 1. The number of nitrogens with one attached hydrogen (secondary N) is 1. The molecule has 0 spiro atoms. The molecule has 1 N–H and O–H groups in total. The van der Waals surface area contributed by atoms with Crippen molar-refractivity contribution >= 4 is 17.7 Å². The van der Waals surface area contributed by atoms with Gasteiger partial charge in [0.1, 0.15) is 5.82 Å². The van der Waals surface area contributed by atoms with Crippen LogP contribution in [-0.4, -0.2) is 43.2 Å². The Kier molecular flexibility index (Phi) is 5.86. The minimum Gasteiger partial charge on any atom is -0.359 e. The topological polar surface area (TPSA) is 32.3 Å². The molecule has 1 aromatic carbocycles. The summed E-state index contributed by atoms with van der Waals surface area (Å²) in [5, 5.41) is 2.72. The predicted molar refractivity (Wildman–Crippen MR) is 80.4 cm³/mol. The summed E-state index contributed by atoms with van der Waals surface area (Å²) in [4.78, 5) is 14.6. The number of thioether (sulfide) groups is 1. The Morgan fingerprint density at radius 2 is 2.10 bits per heavy atom. The minimum atomic E-state index is -0.143. The van der Waals surface area contributed by atoms with Gasteiger partial charge in [-0.3, -0.25) is 4.79 Å². The molecule has 1 aliphatic heterocycles. The number of rotatable bonds is 5. The Labute approximate surface area is 123 Å². The first kappa shape index (κ1) is 15.3. The van der Waals surface area contributed by atoms with Crippen LogP contribution < -0.4 is 5.32 Å². The van der Waals surface area contributed by atoms with Crippen molar-refractivity contribution in [2.24, 2.45) is 5.92 Å². The monoisotopic (exact) mass is 296 g/mol. The van der Waals surface area contributed by atoms with Gasteiger partial charge in [0, 0.05) is 30.2 Å². The maximum Gasteiger partial charge on any atom is 0.222 e. The van der Waals surface area contributed by atoms with E-state index in [1.54, 1.807) is 24.9 Å². The van der Waals surface area contributed by atoms with Crippen molar-refractivity contribution in [1.82, 2.24) is 10.2 Å². The summed E-state index contributed by atoms with van der Waals surface area (Å²) in [6.45, 7) is 2.85. The van der Waals surface area contributed by atoms with Gasteiger partial charge >= 0.3 is 0 Å². The second-order valence-electron chi connectivity index (χ2n) is 5.01. The van der Waals surface area contributed by atoms with E-state index >= 15 is 0 Å². The van der Waals surface area contributed by atoms with Gasteiger partial charge in [-0.15, -0.1) is 11.8 Å². The van der Waals surface area contributed by atoms with Crippen LogP contribution in [-0.2, 0) is 4.79 Å². The molecule has 110 valence electrons. The zero-order valence-corrected chi connectivity index (χ0v) is 12.6. The molecule has 0 aromatic heterocycles. The lowest BCUT2D eigenvalue weighted by Gasteiger charge is -2.30. The van der Waals surface area contributed by atoms with E-state index in [4.69, 9.17) is 0 Å². The van der Waals surface area contributed by atoms with Crippen molar-refractivity contribution in [1.29, 1.82) is 0 Å². The van der Waals surface area contributed by atoms with Crippen LogP contribution in [0.4, 0.5) is 4.39 Å². The van der Waals surface area contributed by atoms with E-state index in [9.17, 15) is 9.18 Å². The van der Waals surface area contributed by atoms with Gasteiger partial charge in [-0.25, -0.2) is 4.39 Å². The summed E-state index contributed by atoms with van der Waals surface area (Å²) >= 11 is 1.56. The number of benzene rings is 1. The van der Waals surface area contributed by atoms with E-state index in [0.717, 1.165) is 38.2 Å². The zero-order valence-electron chi connectivity index (χ0n) is 11.8. The number of carbonyl (C=O) groups excluding carboxylic acids is 1. The molecule has 0 bridgehead atoms. The Balaban J connectivity index is 1.69. The summed E-state index contributed by atoms with van der Waals surface area (Å²) in [6.07, 6.45) is 1.84. The molecular formula is C15H21FN2OS. The quantitative estimate of drug-likeness (QED) is 0.847. The van der Waals surface area contributed by atoms with Crippen LogP contribution in [0.3, 0.4) is 0 Å². The van der Waals surface area contributed by atoms with Crippen LogP contribution in [0.15, 0.2) is 29.2 Å². The fraction of sp³-hybridized carbons (Fsp3) is 0.533. The molecule has 3 nitrogen and oxygen atoms in total. The summed E-state index contributed by atoms with van der Waals surface area (Å²) in [6, 6.07) is 6.89. The van der Waals surface area contributed by atoms with Gasteiger partial charge in [0.15, 0.2) is 0 Å². The molecule has 0 atom stereocenters. The molecule has 1 saturated heterocycles. The lowest BCUT2D eigenvalue weighted by Crippen LogP contribution is -2.40. The molecule has 1 aliphatic rings. The molecular weight excluding hydrogens is 275 g/mol. The van der Waals surface area contributed by atoms with E-state index in [2.05, 4.69) is 10.2 Å². The van der Waals surface area contributed by atoms with Crippen molar-refractivity contribution in [3.05, 3.63) is 30.1 Å². The molecule has 5 heteroatoms. The Hall–Kier alpha value is -1.07. The first-order chi connectivity index (χ1) is 9.70. The highest BCUT2D eigenvalue weighted by Gasteiger charge is 2.23. The molecule has 0 saturated carbocycles. The van der Waals surface area contributed by atoms with E-state index in [1.807, 2.05) is 12.1 Å². The molecule has 1 amide bonds. The highest BCUT2D eigenvalue weighted by atomic mass is 32.2. The Morgan fingerprint density at radius 3 is 2.75 bits per heavy atom. The lowest BCUT2D eigenvalue weighted by atomic mass is 9.96. The highest BCUT2D eigenvalue weighted by Crippen LogP contribution is 2.22. The van der Waals surface area contributed by atoms with Crippen molar-refractivity contribution in [3.8, 4) is 0 Å². The summed E-state index contributed by atoms with van der Waals surface area (Å²) in [5.74, 6) is 1.06. The maximum atomic E-state index is 13.5. The third kappa shape index (κ3) is 4.21. The van der Waals surface area contributed by atoms with Gasteiger partial charge in [-0.2, -0.15) is 0 Å². The average molecular weight is 296 g/mol. The van der Waals surface area contributed by atoms with E-state index in [-0.39, 0.29) is 17.6 Å². The number of amides is 1. The minimum absolute atomic E-state index is 0.143. The smallest absolute Gasteiger partial charge is 0.222 e. The zero-order chi connectivity index (χ0) is 14.4. The van der Waals surface area contributed by atoms with Gasteiger partial charge < -0.3 is 10.2 Å². The van der Waals surface area contributed by atoms with Crippen molar-refractivity contribution in [2.75, 3.05) is 32.4 Å². The third-order valence-electron chi connectivity index (χ3n) is 3.71.